The van der Waals surface area contributed by atoms with Crippen molar-refractivity contribution in [1.82, 2.24) is 0 Å². The summed E-state index contributed by atoms with van der Waals surface area (Å²) in [6, 6.07) is 0. The number of allylic oxidation sites excluding steroid dienone is 1. The van der Waals surface area contributed by atoms with Crippen LogP contribution in [0.25, 0.3) is 0 Å². The van der Waals surface area contributed by atoms with E-state index in [-0.39, 0.29) is 29.5 Å². The van der Waals surface area contributed by atoms with Gasteiger partial charge in [0, 0.05) is 18.4 Å². The molecule has 0 aromatic carbocycles. The Balaban J connectivity index is 2.30. The van der Waals surface area contributed by atoms with Gasteiger partial charge in [-0.3, -0.25) is 9.59 Å². The quantitative estimate of drug-likeness (QED) is 0.578. The summed E-state index contributed by atoms with van der Waals surface area (Å²) in [5, 5.41) is 10.6. The summed E-state index contributed by atoms with van der Waals surface area (Å²) in [5.74, 6) is -0.694. The average molecular weight is 220 g/mol. The number of aliphatic hydroxyl groups is 1. The van der Waals surface area contributed by atoms with E-state index >= 15 is 0 Å². The van der Waals surface area contributed by atoms with Gasteiger partial charge < -0.3 is 5.11 Å². The fourth-order valence-corrected chi connectivity index (χ4v) is 3.07. The molecule has 86 valence electrons. The Hall–Kier alpha value is -1.22. The molecule has 0 radical (unpaired) electrons. The van der Waals surface area contributed by atoms with Crippen molar-refractivity contribution >= 4 is 11.6 Å². The van der Waals surface area contributed by atoms with E-state index in [1.165, 1.54) is 0 Å². The van der Waals surface area contributed by atoms with Crippen molar-refractivity contribution in [2.45, 2.75) is 31.3 Å². The van der Waals surface area contributed by atoms with E-state index < -0.39 is 11.5 Å². The topological polar surface area (TPSA) is 54.4 Å². The van der Waals surface area contributed by atoms with Gasteiger partial charge >= 0.3 is 0 Å². The number of hydrogen-bond donors (Lipinski definition) is 1. The Kier molecular flexibility index (Phi) is 2.58. The van der Waals surface area contributed by atoms with Crippen molar-refractivity contribution in [3.05, 3.63) is 24.8 Å². The lowest BCUT2D eigenvalue weighted by atomic mass is 9.80. The van der Waals surface area contributed by atoms with E-state index in [0.29, 0.717) is 12.8 Å². The first-order valence-electron chi connectivity index (χ1n) is 5.60. The lowest BCUT2D eigenvalue weighted by molar-refractivity contribution is -0.128. The van der Waals surface area contributed by atoms with Gasteiger partial charge in [-0.1, -0.05) is 12.7 Å². The van der Waals surface area contributed by atoms with Gasteiger partial charge in [0.15, 0.2) is 5.78 Å². The highest BCUT2D eigenvalue weighted by Gasteiger charge is 2.59. The highest BCUT2D eigenvalue weighted by atomic mass is 16.3. The minimum atomic E-state index is -1.27. The first-order valence-corrected chi connectivity index (χ1v) is 5.60. The summed E-state index contributed by atoms with van der Waals surface area (Å²) in [7, 11) is 0. The predicted molar refractivity (Wildman–Crippen MR) is 59.7 cm³/mol. The van der Waals surface area contributed by atoms with Gasteiger partial charge in [-0.2, -0.15) is 0 Å². The highest BCUT2D eigenvalue weighted by Crippen LogP contribution is 2.52. The van der Waals surface area contributed by atoms with Crippen LogP contribution in [-0.2, 0) is 9.59 Å². The number of carbonyl (C=O) groups excluding carboxylic acids is 2. The van der Waals surface area contributed by atoms with E-state index in [4.69, 9.17) is 0 Å². The second kappa shape index (κ2) is 3.67. The number of rotatable bonds is 3. The molecule has 3 nitrogen and oxygen atoms in total. The van der Waals surface area contributed by atoms with Crippen molar-refractivity contribution in [1.29, 1.82) is 0 Å². The lowest BCUT2D eigenvalue weighted by Gasteiger charge is -2.29. The van der Waals surface area contributed by atoms with E-state index in [0.717, 1.165) is 6.42 Å². The monoisotopic (exact) mass is 220 g/mol. The Morgan fingerprint density at radius 3 is 2.88 bits per heavy atom. The molecule has 0 aromatic heterocycles. The fourth-order valence-electron chi connectivity index (χ4n) is 3.07. The Bertz CT molecular complexity index is 383. The minimum absolute atomic E-state index is 0.0316. The van der Waals surface area contributed by atoms with E-state index in [1.807, 2.05) is 0 Å². The van der Waals surface area contributed by atoms with Gasteiger partial charge in [0.05, 0.1) is 5.92 Å². The molecule has 0 aliphatic heterocycles. The molecule has 0 aromatic rings. The molecule has 2 rings (SSSR count). The molecule has 0 unspecified atom stereocenters. The molecule has 2 saturated carbocycles. The van der Waals surface area contributed by atoms with Crippen LogP contribution in [0.4, 0.5) is 0 Å². The Morgan fingerprint density at radius 2 is 2.25 bits per heavy atom. The highest BCUT2D eigenvalue weighted by molar-refractivity contribution is 6.02. The van der Waals surface area contributed by atoms with Crippen molar-refractivity contribution in [3.8, 4) is 0 Å². The van der Waals surface area contributed by atoms with Crippen molar-refractivity contribution in [2.75, 3.05) is 0 Å². The summed E-state index contributed by atoms with van der Waals surface area (Å²) in [6.07, 6.45) is 3.52. The molecule has 2 aliphatic carbocycles. The van der Waals surface area contributed by atoms with E-state index in [9.17, 15) is 14.7 Å². The number of Topliss-reactive ketones (excluding diaryl/α,β-unsaturated/α-hetero) is 2. The van der Waals surface area contributed by atoms with Crippen molar-refractivity contribution in [3.63, 3.8) is 0 Å². The van der Waals surface area contributed by atoms with Gasteiger partial charge in [0.25, 0.3) is 0 Å². The molecule has 2 aliphatic rings. The maximum absolute atomic E-state index is 11.9. The molecule has 1 N–H and O–H groups in total. The molecule has 0 amide bonds. The first kappa shape index (κ1) is 11.3. The molecule has 0 heterocycles. The molecule has 0 bridgehead atoms. The largest absolute Gasteiger partial charge is 0.384 e. The average Bonchev–Trinajstić information content (AvgIpc) is 2.65. The number of fused-ring (bicyclic) bond motifs is 1. The van der Waals surface area contributed by atoms with Crippen LogP contribution >= 0.6 is 0 Å². The molecule has 0 saturated heterocycles. The molecule has 2 fully saturated rings. The summed E-state index contributed by atoms with van der Waals surface area (Å²) >= 11 is 0. The lowest BCUT2D eigenvalue weighted by Crippen LogP contribution is -2.41. The van der Waals surface area contributed by atoms with Crippen LogP contribution in [0.3, 0.4) is 0 Å². The van der Waals surface area contributed by atoms with Crippen LogP contribution in [0.15, 0.2) is 24.8 Å². The fraction of sp³-hybridized carbons (Fsp3) is 0.538. The summed E-state index contributed by atoms with van der Waals surface area (Å²) in [6.45, 7) is 7.19. The number of ketones is 2. The third-order valence-corrected chi connectivity index (χ3v) is 3.94. The van der Waals surface area contributed by atoms with Gasteiger partial charge in [-0.25, -0.2) is 0 Å². The zero-order valence-corrected chi connectivity index (χ0v) is 9.24. The zero-order chi connectivity index (χ0) is 11.9. The normalized spacial score (nSPS) is 37.6. The van der Waals surface area contributed by atoms with Gasteiger partial charge in [0.1, 0.15) is 11.4 Å². The summed E-state index contributed by atoms with van der Waals surface area (Å²) < 4.78 is 0. The van der Waals surface area contributed by atoms with Crippen LogP contribution in [0, 0.1) is 11.8 Å². The second-order valence-electron chi connectivity index (χ2n) is 4.72. The second-order valence-corrected chi connectivity index (χ2v) is 4.72. The third-order valence-electron chi connectivity index (χ3n) is 3.94. The zero-order valence-electron chi connectivity index (χ0n) is 9.24. The standard InChI is InChI=1S/C13H16O3/c1-3-4-11(14)10-6-5-9-7-12(15)8(2)13(9,10)16/h3,9-10,16H,1-2,4-7H2/t9-,10+,13-/m0/s1. The van der Waals surface area contributed by atoms with Gasteiger partial charge in [0.2, 0.25) is 0 Å². The number of hydrogen-bond acceptors (Lipinski definition) is 3. The van der Waals surface area contributed by atoms with Crippen LogP contribution in [0.2, 0.25) is 0 Å². The van der Waals surface area contributed by atoms with Crippen LogP contribution in [-0.4, -0.2) is 22.3 Å². The minimum Gasteiger partial charge on any atom is -0.384 e. The van der Waals surface area contributed by atoms with Crippen molar-refractivity contribution in [2.24, 2.45) is 11.8 Å². The first-order chi connectivity index (χ1) is 7.51. The van der Waals surface area contributed by atoms with Gasteiger partial charge in [-0.05, 0) is 18.8 Å². The molecular weight excluding hydrogens is 204 g/mol. The number of carbonyl (C=O) groups is 2. The van der Waals surface area contributed by atoms with E-state index in [1.54, 1.807) is 6.08 Å². The maximum Gasteiger partial charge on any atom is 0.161 e. The summed E-state index contributed by atoms with van der Waals surface area (Å²) in [5.41, 5.74) is -1.03. The van der Waals surface area contributed by atoms with Crippen LogP contribution in [0.5, 0.6) is 0 Å². The van der Waals surface area contributed by atoms with Crippen molar-refractivity contribution < 1.29 is 14.7 Å². The van der Waals surface area contributed by atoms with Gasteiger partial charge in [-0.15, -0.1) is 6.58 Å². The third kappa shape index (κ3) is 1.31. The maximum atomic E-state index is 11.9. The van der Waals surface area contributed by atoms with E-state index in [2.05, 4.69) is 13.2 Å². The predicted octanol–water partition coefficient (Wildman–Crippen LogP) is 1.42. The Labute approximate surface area is 94.8 Å². The molecule has 0 spiro atoms. The molecular formula is C13H16O3. The molecule has 16 heavy (non-hydrogen) atoms. The Morgan fingerprint density at radius 1 is 1.56 bits per heavy atom. The van der Waals surface area contributed by atoms with Crippen LogP contribution < -0.4 is 0 Å². The molecule has 3 heteroatoms. The van der Waals surface area contributed by atoms with Crippen LogP contribution in [0.1, 0.15) is 25.7 Å². The SMILES string of the molecule is C=CCC(=O)[C@H]1CC[C@H]2CC(=O)C(=C)[C@]21O. The summed E-state index contributed by atoms with van der Waals surface area (Å²) in [4.78, 5) is 23.4. The smallest absolute Gasteiger partial charge is 0.161 e. The molecule has 3 atom stereocenters.